The van der Waals surface area contributed by atoms with Gasteiger partial charge in [-0.05, 0) is 43.5 Å². The monoisotopic (exact) mass is 1200 g/mol. The lowest BCUT2D eigenvalue weighted by molar-refractivity contribution is -0.175. The standard InChI is InChI=1S/C58H77FN6O20/c1-8-58(45-29-48-51-42(31-65(48)55(70)44(45)34-83-56(58)71)43(33-82-37(5)66)41-28-49(74-7)46(59)30-47(41)64-51)85-57(72)84-32-38-9-10-39(63-52(67)36(4)62-54(69)50(60)35(2)3)27-40(38)53(68)61-11-12-75-15-16-77-19-20-79-23-24-81-26-25-80-22-21-78-18-17-76-14-13-73-6/h9-10,27-30,35-36,50H,8,11-26,31-34,60H2,1-7H3,(H,61,68)(H,62,69)(H,63,67)/t36-,50-,58-/m0/s1. The van der Waals surface area contributed by atoms with Crippen LogP contribution in [-0.4, -0.2) is 177 Å². The summed E-state index contributed by atoms with van der Waals surface area (Å²) >= 11 is 0. The van der Waals surface area contributed by atoms with Gasteiger partial charge in [-0.1, -0.05) is 26.8 Å². The first kappa shape index (κ1) is 66.9. The van der Waals surface area contributed by atoms with E-state index in [-0.39, 0.29) is 102 Å². The van der Waals surface area contributed by atoms with Crippen molar-refractivity contribution < 1.29 is 94.7 Å². The number of nitrogens with zero attached hydrogens (tertiary/aromatic N) is 2. The minimum Gasteiger partial charge on any atom is -0.494 e. The zero-order valence-electron chi connectivity index (χ0n) is 49.1. The second kappa shape index (κ2) is 33.5. The van der Waals surface area contributed by atoms with Crippen molar-refractivity contribution in [2.75, 3.05) is 125 Å². The third kappa shape index (κ3) is 18.4. The molecule has 0 aliphatic carbocycles. The number of halogens is 1. The number of amides is 3. The van der Waals surface area contributed by atoms with Crippen molar-refractivity contribution >= 4 is 52.4 Å². The molecule has 2 aliphatic rings. The van der Waals surface area contributed by atoms with Gasteiger partial charge in [0.1, 0.15) is 25.9 Å². The van der Waals surface area contributed by atoms with Gasteiger partial charge in [-0.2, -0.15) is 0 Å². The molecule has 0 saturated heterocycles. The van der Waals surface area contributed by atoms with Crippen molar-refractivity contribution in [3.8, 4) is 17.1 Å². The number of cyclic esters (lactones) is 1. The Bertz CT molecular complexity index is 3010. The highest BCUT2D eigenvalue weighted by atomic mass is 19.1. The lowest BCUT2D eigenvalue weighted by Gasteiger charge is -2.35. The number of nitrogens with two attached hydrogens (primary N) is 1. The van der Waals surface area contributed by atoms with E-state index in [4.69, 9.17) is 72.3 Å². The van der Waals surface area contributed by atoms with Crippen molar-refractivity contribution in [1.82, 2.24) is 20.2 Å². The minimum atomic E-state index is -2.22. The van der Waals surface area contributed by atoms with Gasteiger partial charge in [-0.3, -0.25) is 24.0 Å². The quantitative estimate of drug-likeness (QED) is 0.0251. The van der Waals surface area contributed by atoms with Crippen LogP contribution >= 0.6 is 0 Å². The zero-order chi connectivity index (χ0) is 61.5. The third-order valence-corrected chi connectivity index (χ3v) is 13.7. The number of benzene rings is 2. The molecule has 466 valence electrons. The molecule has 0 fully saturated rings. The summed E-state index contributed by atoms with van der Waals surface area (Å²) in [5, 5.41) is 8.42. The van der Waals surface area contributed by atoms with Crippen LogP contribution < -0.4 is 32.0 Å². The molecule has 4 aromatic rings. The van der Waals surface area contributed by atoms with E-state index in [0.29, 0.717) is 95.8 Å². The van der Waals surface area contributed by atoms with Crippen LogP contribution in [0.4, 0.5) is 14.9 Å². The number of hydrogen-bond acceptors (Lipinski definition) is 22. The molecule has 5 N–H and O–H groups in total. The van der Waals surface area contributed by atoms with E-state index in [0.717, 1.165) is 6.07 Å². The smallest absolute Gasteiger partial charge is 0.494 e. The number of rotatable bonds is 37. The van der Waals surface area contributed by atoms with Crippen LogP contribution in [0, 0.1) is 11.7 Å². The number of aromatic nitrogens is 2. The van der Waals surface area contributed by atoms with Crippen LogP contribution in [0.2, 0.25) is 0 Å². The molecule has 2 aliphatic heterocycles. The van der Waals surface area contributed by atoms with Crippen LogP contribution in [0.1, 0.15) is 79.2 Å². The predicted molar refractivity (Wildman–Crippen MR) is 301 cm³/mol. The minimum absolute atomic E-state index is 0.00185. The summed E-state index contributed by atoms with van der Waals surface area (Å²) in [5.74, 6) is -4.37. The molecule has 0 unspecified atom stereocenters. The van der Waals surface area contributed by atoms with E-state index in [1.54, 1.807) is 21.0 Å². The third-order valence-electron chi connectivity index (χ3n) is 13.7. The van der Waals surface area contributed by atoms with Gasteiger partial charge in [0.25, 0.3) is 11.5 Å². The lowest BCUT2D eigenvalue weighted by Crippen LogP contribution is -2.50. The molecular formula is C58H77FN6O20. The zero-order valence-corrected chi connectivity index (χ0v) is 49.1. The summed E-state index contributed by atoms with van der Waals surface area (Å²) in [6.07, 6.45) is -1.61. The number of methoxy groups -OCH3 is 2. The molecule has 2 aromatic carbocycles. The Hall–Kier alpha value is -7.21. The SMILES string of the molecule is CC[C@@]1(OC(=O)OCc2ccc(NC(=O)[C@H](C)NC(=O)[C@@H](N)C(C)C)cc2C(=O)NCCOCCOCCOCCOCCOCCOCCOCCOC)C(=O)OCc2c1cc1n(c2=O)Cc2c-1nc1cc(F)c(OC)cc1c2COC(C)=O. The summed E-state index contributed by atoms with van der Waals surface area (Å²) < 4.78 is 87.5. The molecule has 0 radical (unpaired) electrons. The summed E-state index contributed by atoms with van der Waals surface area (Å²) in [4.78, 5) is 98.7. The number of carbonyl (C=O) groups excluding carboxylic acids is 6. The number of nitrogens with one attached hydrogen (secondary N) is 3. The fourth-order valence-corrected chi connectivity index (χ4v) is 8.94. The van der Waals surface area contributed by atoms with Crippen LogP contribution in [0.3, 0.4) is 0 Å². The van der Waals surface area contributed by atoms with E-state index >= 15 is 4.39 Å². The first-order valence-electron chi connectivity index (χ1n) is 27.9. The highest BCUT2D eigenvalue weighted by molar-refractivity contribution is 6.01. The number of pyridine rings is 2. The maximum atomic E-state index is 15.1. The van der Waals surface area contributed by atoms with Gasteiger partial charge >= 0.3 is 18.1 Å². The van der Waals surface area contributed by atoms with Crippen molar-refractivity contribution in [1.29, 1.82) is 0 Å². The number of ether oxygens (including phenoxy) is 13. The summed E-state index contributed by atoms with van der Waals surface area (Å²) in [7, 11) is 2.92. The van der Waals surface area contributed by atoms with Crippen LogP contribution in [-0.2, 0) is 108 Å². The Labute approximate surface area is 490 Å². The highest BCUT2D eigenvalue weighted by Crippen LogP contribution is 2.43. The second-order valence-electron chi connectivity index (χ2n) is 19.8. The predicted octanol–water partition coefficient (Wildman–Crippen LogP) is 3.57. The fourth-order valence-electron chi connectivity index (χ4n) is 8.94. The number of carbonyl (C=O) groups is 6. The van der Waals surface area contributed by atoms with Crippen molar-refractivity contribution in [3.05, 3.63) is 85.9 Å². The van der Waals surface area contributed by atoms with Crippen LogP contribution in [0.15, 0.2) is 41.2 Å². The topological polar surface area (TPSA) is 319 Å². The van der Waals surface area contributed by atoms with Gasteiger partial charge in [0.2, 0.25) is 17.4 Å². The Morgan fingerprint density at radius 3 is 1.93 bits per heavy atom. The van der Waals surface area contributed by atoms with E-state index in [9.17, 15) is 33.6 Å². The average Bonchev–Trinajstić information content (AvgIpc) is 1.85. The maximum absolute atomic E-state index is 15.1. The van der Waals surface area contributed by atoms with E-state index in [1.165, 1.54) is 62.8 Å². The molecule has 3 amide bonds. The molecule has 6 rings (SSSR count). The molecule has 2 aromatic heterocycles. The molecule has 3 atom stereocenters. The molecule has 0 saturated carbocycles. The van der Waals surface area contributed by atoms with Crippen molar-refractivity contribution in [2.45, 2.75) is 85.1 Å². The molecule has 85 heavy (non-hydrogen) atoms. The summed E-state index contributed by atoms with van der Waals surface area (Å²) in [6, 6.07) is 6.41. The Morgan fingerprint density at radius 1 is 0.765 bits per heavy atom. The van der Waals surface area contributed by atoms with Gasteiger partial charge in [0, 0.05) is 65.5 Å². The summed E-state index contributed by atoms with van der Waals surface area (Å²) in [6.45, 7) is 12.2. The number of esters is 2. The van der Waals surface area contributed by atoms with Gasteiger partial charge in [0.15, 0.2) is 11.6 Å². The Morgan fingerprint density at radius 2 is 1.36 bits per heavy atom. The van der Waals surface area contributed by atoms with Crippen LogP contribution in [0.25, 0.3) is 22.3 Å². The fraction of sp³-hybridized carbons (Fsp3) is 0.552. The first-order chi connectivity index (χ1) is 40.9. The average molecular weight is 1200 g/mol. The summed E-state index contributed by atoms with van der Waals surface area (Å²) in [5.41, 5.74) is 4.95. The van der Waals surface area contributed by atoms with Gasteiger partial charge in [-0.25, -0.2) is 19.0 Å². The largest absolute Gasteiger partial charge is 0.510 e. The first-order valence-corrected chi connectivity index (χ1v) is 27.9. The van der Waals surface area contributed by atoms with Gasteiger partial charge in [0.05, 0.1) is 141 Å². The number of fused-ring (bicyclic) bond motifs is 5. The Kier molecular flexibility index (Phi) is 26.4. The Balaban J connectivity index is 1.05. The highest BCUT2D eigenvalue weighted by Gasteiger charge is 2.51. The van der Waals surface area contributed by atoms with E-state index < -0.39 is 78.1 Å². The van der Waals surface area contributed by atoms with Gasteiger partial charge in [-0.15, -0.1) is 0 Å². The number of hydrogen-bond donors (Lipinski definition) is 4. The molecule has 4 heterocycles. The molecule has 0 bridgehead atoms. The van der Waals surface area contributed by atoms with Gasteiger partial charge < -0.3 is 87.8 Å². The van der Waals surface area contributed by atoms with Crippen molar-refractivity contribution in [2.24, 2.45) is 11.7 Å². The number of anilines is 1. The van der Waals surface area contributed by atoms with E-state index in [1.807, 2.05) is 0 Å². The molecule has 26 nitrogen and oxygen atoms in total. The lowest BCUT2D eigenvalue weighted by atomic mass is 9.85. The normalized spacial score (nSPS) is 14.9. The second-order valence-corrected chi connectivity index (χ2v) is 19.8. The maximum Gasteiger partial charge on any atom is 0.510 e. The van der Waals surface area contributed by atoms with Crippen molar-refractivity contribution in [3.63, 3.8) is 0 Å². The molecular weight excluding hydrogens is 1120 g/mol. The molecule has 0 spiro atoms. The molecule has 27 heteroatoms. The van der Waals surface area contributed by atoms with Crippen LogP contribution in [0.5, 0.6) is 5.75 Å². The van der Waals surface area contributed by atoms with E-state index in [2.05, 4.69) is 16.0 Å².